The maximum Gasteiger partial charge on any atom is 0.264 e. The summed E-state index contributed by atoms with van der Waals surface area (Å²) < 4.78 is 26.2. The van der Waals surface area contributed by atoms with E-state index >= 15 is 0 Å². The van der Waals surface area contributed by atoms with Crippen LogP contribution in [0, 0.1) is 0 Å². The Morgan fingerprint density at radius 3 is 2.25 bits per heavy atom. The lowest BCUT2D eigenvalue weighted by Crippen LogP contribution is -2.26. The third-order valence-electron chi connectivity index (χ3n) is 2.99. The van der Waals surface area contributed by atoms with Gasteiger partial charge in [0.05, 0.1) is 10.6 Å². The molecule has 0 aliphatic heterocycles. The highest BCUT2D eigenvalue weighted by molar-refractivity contribution is 7.92. The fraction of sp³-hybridized carbons (Fsp3) is 0.214. The van der Waals surface area contributed by atoms with E-state index in [1.807, 2.05) is 19.2 Å². The third-order valence-corrected chi connectivity index (χ3v) is 4.79. The quantitative estimate of drug-likeness (QED) is 0.909. The monoisotopic (exact) mass is 291 g/mol. The summed E-state index contributed by atoms with van der Waals surface area (Å²) in [7, 11) is -0.156. The fourth-order valence-electron chi connectivity index (χ4n) is 1.83. The van der Waals surface area contributed by atoms with Gasteiger partial charge in [-0.15, -0.1) is 0 Å². The predicted molar refractivity (Wildman–Crippen MR) is 79.0 cm³/mol. The number of sulfonamides is 1. The molecule has 5 nitrogen and oxygen atoms in total. The summed E-state index contributed by atoms with van der Waals surface area (Å²) in [5.41, 5.74) is 1.62. The van der Waals surface area contributed by atoms with Crippen LogP contribution in [0.25, 0.3) is 0 Å². The molecule has 0 atom stereocenters. The maximum absolute atomic E-state index is 12.5. The van der Waals surface area contributed by atoms with Crippen molar-refractivity contribution in [1.82, 2.24) is 10.3 Å². The van der Waals surface area contributed by atoms with Crippen LogP contribution >= 0.6 is 0 Å². The van der Waals surface area contributed by atoms with Crippen molar-refractivity contribution in [3.8, 4) is 0 Å². The summed E-state index contributed by atoms with van der Waals surface area (Å²) in [5.74, 6) is 0. The number of anilines is 1. The molecule has 0 amide bonds. The molecule has 0 saturated carbocycles. The summed E-state index contributed by atoms with van der Waals surface area (Å²) in [6.45, 7) is 0.709. The van der Waals surface area contributed by atoms with Gasteiger partial charge in [0, 0.05) is 26.0 Å². The first-order valence-electron chi connectivity index (χ1n) is 6.18. The lowest BCUT2D eigenvalue weighted by Gasteiger charge is -2.19. The van der Waals surface area contributed by atoms with E-state index in [0.717, 1.165) is 5.56 Å². The van der Waals surface area contributed by atoms with E-state index in [-0.39, 0.29) is 4.90 Å². The Hall–Kier alpha value is -1.92. The number of nitrogens with one attached hydrogen (secondary N) is 1. The van der Waals surface area contributed by atoms with Crippen molar-refractivity contribution in [2.24, 2.45) is 0 Å². The van der Waals surface area contributed by atoms with Crippen molar-refractivity contribution in [2.75, 3.05) is 18.4 Å². The van der Waals surface area contributed by atoms with Gasteiger partial charge in [-0.25, -0.2) is 8.42 Å². The Kier molecular flexibility index (Phi) is 4.36. The maximum atomic E-state index is 12.5. The van der Waals surface area contributed by atoms with Gasteiger partial charge >= 0.3 is 0 Å². The van der Waals surface area contributed by atoms with Crippen LogP contribution in [0.3, 0.4) is 0 Å². The van der Waals surface area contributed by atoms with Gasteiger partial charge in [0.15, 0.2) is 0 Å². The van der Waals surface area contributed by atoms with Crippen LogP contribution in [0.15, 0.2) is 53.7 Å². The molecule has 0 spiro atoms. The van der Waals surface area contributed by atoms with Gasteiger partial charge in [0.25, 0.3) is 10.0 Å². The van der Waals surface area contributed by atoms with Crippen molar-refractivity contribution in [2.45, 2.75) is 11.4 Å². The summed E-state index contributed by atoms with van der Waals surface area (Å²) >= 11 is 0. The molecular weight excluding hydrogens is 274 g/mol. The van der Waals surface area contributed by atoms with E-state index < -0.39 is 10.0 Å². The average molecular weight is 291 g/mol. The molecule has 1 heterocycles. The zero-order chi connectivity index (χ0) is 14.6. The Balaban J connectivity index is 2.30. The van der Waals surface area contributed by atoms with Crippen LogP contribution in [0.2, 0.25) is 0 Å². The predicted octanol–water partition coefficient (Wildman–Crippen LogP) is 1.63. The van der Waals surface area contributed by atoms with Gasteiger partial charge in [0.1, 0.15) is 0 Å². The first kappa shape index (κ1) is 14.5. The summed E-state index contributed by atoms with van der Waals surface area (Å²) in [6, 6.07) is 10.2. The zero-order valence-corrected chi connectivity index (χ0v) is 12.3. The topological polar surface area (TPSA) is 62.3 Å². The average Bonchev–Trinajstić information content (AvgIpc) is 2.48. The van der Waals surface area contributed by atoms with Crippen molar-refractivity contribution in [3.63, 3.8) is 0 Å². The second-order valence-corrected chi connectivity index (χ2v) is 6.32. The van der Waals surface area contributed by atoms with Crippen LogP contribution in [-0.4, -0.2) is 27.5 Å². The Morgan fingerprint density at radius 1 is 1.10 bits per heavy atom. The third kappa shape index (κ3) is 2.97. The summed E-state index contributed by atoms with van der Waals surface area (Å²) in [5, 5.41) is 3.02. The molecule has 0 radical (unpaired) electrons. The van der Waals surface area contributed by atoms with Crippen LogP contribution in [0.5, 0.6) is 0 Å². The first-order chi connectivity index (χ1) is 9.55. The molecule has 1 N–H and O–H groups in total. The molecule has 2 rings (SSSR count). The second-order valence-electron chi connectivity index (χ2n) is 4.35. The molecule has 1 aromatic heterocycles. The molecule has 0 fully saturated rings. The Morgan fingerprint density at radius 2 is 1.70 bits per heavy atom. The molecular formula is C14H17N3O2S. The van der Waals surface area contributed by atoms with E-state index in [2.05, 4.69) is 10.3 Å². The fourth-order valence-corrected chi connectivity index (χ4v) is 3.03. The minimum Gasteiger partial charge on any atom is -0.316 e. The number of pyridine rings is 1. The molecule has 6 heteroatoms. The van der Waals surface area contributed by atoms with Crippen LogP contribution < -0.4 is 9.62 Å². The van der Waals surface area contributed by atoms with Gasteiger partial charge in [-0.2, -0.15) is 0 Å². The Bertz CT molecular complexity index is 655. The van der Waals surface area contributed by atoms with Gasteiger partial charge in [0.2, 0.25) is 0 Å². The normalized spacial score (nSPS) is 11.3. The van der Waals surface area contributed by atoms with E-state index in [4.69, 9.17) is 0 Å². The molecule has 0 saturated heterocycles. The van der Waals surface area contributed by atoms with E-state index in [1.54, 1.807) is 36.7 Å². The van der Waals surface area contributed by atoms with Gasteiger partial charge in [-0.05, 0) is 36.9 Å². The highest BCUT2D eigenvalue weighted by atomic mass is 32.2. The highest BCUT2D eigenvalue weighted by Gasteiger charge is 2.20. The number of aromatic nitrogens is 1. The number of hydrogen-bond donors (Lipinski definition) is 1. The summed E-state index contributed by atoms with van der Waals surface area (Å²) in [4.78, 5) is 4.16. The SMILES string of the molecule is CNCc1ccc(S(=O)(=O)N(C)c2ccncc2)cc1. The Labute approximate surface area is 119 Å². The van der Waals surface area contributed by atoms with E-state index in [0.29, 0.717) is 12.2 Å². The van der Waals surface area contributed by atoms with Crippen LogP contribution in [-0.2, 0) is 16.6 Å². The second kappa shape index (κ2) is 6.02. The smallest absolute Gasteiger partial charge is 0.264 e. The van der Waals surface area contributed by atoms with Crippen LogP contribution in [0.4, 0.5) is 5.69 Å². The van der Waals surface area contributed by atoms with Gasteiger partial charge < -0.3 is 5.32 Å². The molecule has 0 unspecified atom stereocenters. The minimum absolute atomic E-state index is 0.275. The van der Waals surface area contributed by atoms with Gasteiger partial charge in [-0.1, -0.05) is 12.1 Å². The molecule has 0 bridgehead atoms. The standard InChI is InChI=1S/C14H17N3O2S/c1-15-11-12-3-5-14(6-4-12)20(18,19)17(2)13-7-9-16-10-8-13/h3-10,15H,11H2,1-2H3. The van der Waals surface area contributed by atoms with Gasteiger partial charge in [-0.3, -0.25) is 9.29 Å². The molecule has 20 heavy (non-hydrogen) atoms. The lowest BCUT2D eigenvalue weighted by atomic mass is 10.2. The van der Waals surface area contributed by atoms with E-state index in [1.165, 1.54) is 11.4 Å². The molecule has 106 valence electrons. The van der Waals surface area contributed by atoms with Crippen molar-refractivity contribution < 1.29 is 8.42 Å². The minimum atomic E-state index is -3.54. The number of rotatable bonds is 5. The summed E-state index contributed by atoms with van der Waals surface area (Å²) in [6.07, 6.45) is 3.13. The lowest BCUT2D eigenvalue weighted by molar-refractivity contribution is 0.594. The van der Waals surface area contributed by atoms with Crippen molar-refractivity contribution >= 4 is 15.7 Å². The van der Waals surface area contributed by atoms with Crippen molar-refractivity contribution in [1.29, 1.82) is 0 Å². The molecule has 2 aromatic rings. The van der Waals surface area contributed by atoms with Crippen molar-refractivity contribution in [3.05, 3.63) is 54.4 Å². The highest BCUT2D eigenvalue weighted by Crippen LogP contribution is 2.21. The first-order valence-corrected chi connectivity index (χ1v) is 7.62. The molecule has 0 aliphatic rings. The van der Waals surface area contributed by atoms with E-state index in [9.17, 15) is 8.42 Å². The molecule has 1 aromatic carbocycles. The number of nitrogens with zero attached hydrogens (tertiary/aromatic N) is 2. The number of hydrogen-bond acceptors (Lipinski definition) is 4. The molecule has 0 aliphatic carbocycles. The largest absolute Gasteiger partial charge is 0.316 e. The zero-order valence-electron chi connectivity index (χ0n) is 11.4. The number of benzene rings is 1. The van der Waals surface area contributed by atoms with Crippen LogP contribution in [0.1, 0.15) is 5.56 Å².